The number of amides is 1. The van der Waals surface area contributed by atoms with Crippen molar-refractivity contribution in [2.75, 3.05) is 19.7 Å². The highest BCUT2D eigenvalue weighted by molar-refractivity contribution is 5.79. The van der Waals surface area contributed by atoms with E-state index in [9.17, 15) is 9.59 Å². The molecule has 1 aliphatic rings. The lowest BCUT2D eigenvalue weighted by Gasteiger charge is -2.32. The Bertz CT molecular complexity index is 255. The van der Waals surface area contributed by atoms with Gasteiger partial charge in [-0.15, -0.1) is 0 Å². The predicted octanol–water partition coefficient (Wildman–Crippen LogP) is 1.44. The summed E-state index contributed by atoms with van der Waals surface area (Å²) in [4.78, 5) is 25.0. The van der Waals surface area contributed by atoms with Gasteiger partial charge in [0.05, 0.1) is 12.5 Å². The monoisotopic (exact) mass is 227 g/mol. The largest absolute Gasteiger partial charge is 0.466 e. The van der Waals surface area contributed by atoms with Crippen molar-refractivity contribution in [1.29, 1.82) is 0 Å². The van der Waals surface area contributed by atoms with Crippen LogP contribution in [0.4, 0.5) is 0 Å². The zero-order chi connectivity index (χ0) is 12.1. The number of hydrogen-bond acceptors (Lipinski definition) is 3. The Morgan fingerprint density at radius 3 is 2.31 bits per heavy atom. The molecule has 4 heteroatoms. The van der Waals surface area contributed by atoms with Gasteiger partial charge in [0.2, 0.25) is 5.91 Å². The zero-order valence-electron chi connectivity index (χ0n) is 10.4. The molecule has 0 N–H and O–H groups in total. The van der Waals surface area contributed by atoms with Gasteiger partial charge in [0, 0.05) is 19.0 Å². The van der Waals surface area contributed by atoms with Gasteiger partial charge in [-0.05, 0) is 19.8 Å². The predicted molar refractivity (Wildman–Crippen MR) is 60.8 cm³/mol. The molecule has 0 aromatic carbocycles. The molecule has 4 nitrogen and oxygen atoms in total. The quantitative estimate of drug-likeness (QED) is 0.685. The average molecular weight is 227 g/mol. The fourth-order valence-corrected chi connectivity index (χ4v) is 1.96. The topological polar surface area (TPSA) is 46.6 Å². The summed E-state index contributed by atoms with van der Waals surface area (Å²) in [5.41, 5.74) is 0. The van der Waals surface area contributed by atoms with Crippen molar-refractivity contribution in [3.63, 3.8) is 0 Å². The number of hydrogen-bond donors (Lipinski definition) is 0. The van der Waals surface area contributed by atoms with E-state index in [0.29, 0.717) is 19.7 Å². The smallest absolute Gasteiger partial charge is 0.309 e. The Labute approximate surface area is 96.9 Å². The highest BCUT2D eigenvalue weighted by Crippen LogP contribution is 2.19. The summed E-state index contributed by atoms with van der Waals surface area (Å²) >= 11 is 0. The van der Waals surface area contributed by atoms with Crippen molar-refractivity contribution in [1.82, 2.24) is 4.90 Å². The van der Waals surface area contributed by atoms with Crippen LogP contribution in [0.15, 0.2) is 0 Å². The van der Waals surface area contributed by atoms with E-state index < -0.39 is 0 Å². The van der Waals surface area contributed by atoms with E-state index in [1.165, 1.54) is 0 Å². The lowest BCUT2D eigenvalue weighted by atomic mass is 9.96. The molecule has 0 radical (unpaired) electrons. The van der Waals surface area contributed by atoms with Crippen LogP contribution >= 0.6 is 0 Å². The lowest BCUT2D eigenvalue weighted by Crippen LogP contribution is -2.42. The van der Waals surface area contributed by atoms with Crippen LogP contribution in [-0.2, 0) is 14.3 Å². The van der Waals surface area contributed by atoms with Crippen molar-refractivity contribution < 1.29 is 14.3 Å². The van der Waals surface area contributed by atoms with Crippen molar-refractivity contribution >= 4 is 11.9 Å². The van der Waals surface area contributed by atoms with Crippen molar-refractivity contribution in [2.45, 2.75) is 33.6 Å². The van der Waals surface area contributed by atoms with Gasteiger partial charge in [-0.1, -0.05) is 13.8 Å². The van der Waals surface area contributed by atoms with Crippen LogP contribution in [0, 0.1) is 11.8 Å². The van der Waals surface area contributed by atoms with Gasteiger partial charge in [-0.2, -0.15) is 0 Å². The number of rotatable bonds is 3. The van der Waals surface area contributed by atoms with E-state index in [1.54, 1.807) is 0 Å². The number of nitrogens with zero attached hydrogens (tertiary/aromatic N) is 1. The third-order valence-electron chi connectivity index (χ3n) is 2.92. The molecule has 0 saturated carbocycles. The van der Waals surface area contributed by atoms with Gasteiger partial charge in [-0.25, -0.2) is 0 Å². The molecule has 16 heavy (non-hydrogen) atoms. The minimum absolute atomic E-state index is 0.0174. The van der Waals surface area contributed by atoms with Crippen LogP contribution in [0.1, 0.15) is 33.6 Å². The molecule has 0 spiro atoms. The van der Waals surface area contributed by atoms with Crippen LogP contribution < -0.4 is 0 Å². The standard InChI is InChI=1S/C12H21NO3/c1-4-16-12(15)10-5-7-13(8-6-10)11(14)9(2)3/h9-10H,4-8H2,1-3H3. The SMILES string of the molecule is CCOC(=O)C1CCN(C(=O)C(C)C)CC1. The minimum atomic E-state index is -0.112. The zero-order valence-corrected chi connectivity index (χ0v) is 10.4. The molecule has 0 unspecified atom stereocenters. The molecular formula is C12H21NO3. The molecular weight excluding hydrogens is 206 g/mol. The lowest BCUT2D eigenvalue weighted by molar-refractivity contribution is -0.151. The van der Waals surface area contributed by atoms with Crippen LogP contribution in [0.2, 0.25) is 0 Å². The molecule has 1 fully saturated rings. The first-order chi connectivity index (χ1) is 7.56. The second kappa shape index (κ2) is 5.87. The Kier molecular flexibility index (Phi) is 4.77. The van der Waals surface area contributed by atoms with Gasteiger partial charge in [0.25, 0.3) is 0 Å². The Balaban J connectivity index is 2.39. The van der Waals surface area contributed by atoms with Crippen LogP contribution in [0.25, 0.3) is 0 Å². The molecule has 1 saturated heterocycles. The number of esters is 1. The molecule has 1 rings (SSSR count). The molecule has 1 heterocycles. The molecule has 0 atom stereocenters. The maximum absolute atomic E-state index is 11.7. The number of carbonyl (C=O) groups is 2. The molecule has 92 valence electrons. The van der Waals surface area contributed by atoms with E-state index in [4.69, 9.17) is 4.74 Å². The van der Waals surface area contributed by atoms with E-state index >= 15 is 0 Å². The van der Waals surface area contributed by atoms with Crippen molar-refractivity contribution in [2.24, 2.45) is 11.8 Å². The number of carbonyl (C=O) groups excluding carboxylic acids is 2. The van der Waals surface area contributed by atoms with Crippen molar-refractivity contribution in [3.8, 4) is 0 Å². The number of piperidine rings is 1. The molecule has 0 aliphatic carbocycles. The fraction of sp³-hybridized carbons (Fsp3) is 0.833. The van der Waals surface area contributed by atoms with Crippen LogP contribution in [0.3, 0.4) is 0 Å². The average Bonchev–Trinajstić information content (AvgIpc) is 2.28. The summed E-state index contributed by atoms with van der Waals surface area (Å²) in [5, 5.41) is 0. The highest BCUT2D eigenvalue weighted by Gasteiger charge is 2.28. The number of likely N-dealkylation sites (tertiary alicyclic amines) is 1. The Morgan fingerprint density at radius 1 is 1.31 bits per heavy atom. The summed E-state index contributed by atoms with van der Waals surface area (Å²) < 4.78 is 4.98. The van der Waals surface area contributed by atoms with Gasteiger partial charge in [-0.3, -0.25) is 9.59 Å². The summed E-state index contributed by atoms with van der Waals surface area (Å²) in [6, 6.07) is 0. The van der Waals surface area contributed by atoms with E-state index in [-0.39, 0.29) is 23.7 Å². The second-order valence-corrected chi connectivity index (χ2v) is 4.51. The Hall–Kier alpha value is -1.06. The first-order valence-electron chi connectivity index (χ1n) is 6.01. The molecule has 1 amide bonds. The third kappa shape index (κ3) is 3.22. The van der Waals surface area contributed by atoms with Crippen molar-refractivity contribution in [3.05, 3.63) is 0 Å². The maximum atomic E-state index is 11.7. The van der Waals surface area contributed by atoms with E-state index in [1.807, 2.05) is 25.7 Å². The normalized spacial score (nSPS) is 17.6. The summed E-state index contributed by atoms with van der Waals surface area (Å²) in [6.45, 7) is 7.42. The summed E-state index contributed by atoms with van der Waals surface area (Å²) in [6.07, 6.45) is 1.47. The minimum Gasteiger partial charge on any atom is -0.466 e. The summed E-state index contributed by atoms with van der Waals surface area (Å²) in [5.74, 6) is 0.0942. The summed E-state index contributed by atoms with van der Waals surface area (Å²) in [7, 11) is 0. The second-order valence-electron chi connectivity index (χ2n) is 4.51. The number of ether oxygens (including phenoxy) is 1. The van der Waals surface area contributed by atoms with Gasteiger partial charge in [0.15, 0.2) is 0 Å². The van der Waals surface area contributed by atoms with Gasteiger partial charge < -0.3 is 9.64 Å². The molecule has 1 aliphatic heterocycles. The van der Waals surface area contributed by atoms with Crippen LogP contribution in [0.5, 0.6) is 0 Å². The first-order valence-corrected chi connectivity index (χ1v) is 6.01. The maximum Gasteiger partial charge on any atom is 0.309 e. The molecule has 0 bridgehead atoms. The van der Waals surface area contributed by atoms with Crippen LogP contribution in [-0.4, -0.2) is 36.5 Å². The van der Waals surface area contributed by atoms with Gasteiger partial charge >= 0.3 is 5.97 Å². The third-order valence-corrected chi connectivity index (χ3v) is 2.92. The highest BCUT2D eigenvalue weighted by atomic mass is 16.5. The van der Waals surface area contributed by atoms with E-state index in [0.717, 1.165) is 12.8 Å². The first kappa shape index (κ1) is 13.0. The van der Waals surface area contributed by atoms with Gasteiger partial charge in [0.1, 0.15) is 0 Å². The molecule has 0 aromatic heterocycles. The fourth-order valence-electron chi connectivity index (χ4n) is 1.96. The van der Waals surface area contributed by atoms with E-state index in [2.05, 4.69) is 0 Å². The molecule has 0 aromatic rings. The Morgan fingerprint density at radius 2 is 1.88 bits per heavy atom.